The summed E-state index contributed by atoms with van der Waals surface area (Å²) in [5, 5.41) is 0. The van der Waals surface area contributed by atoms with Crippen molar-refractivity contribution in [1.82, 2.24) is 0 Å². The fraction of sp³-hybridized carbons (Fsp3) is 0.667. The Morgan fingerprint density at radius 3 is 2.05 bits per heavy atom. The first kappa shape index (κ1) is 18.9. The van der Waals surface area contributed by atoms with E-state index in [1.807, 2.05) is 0 Å². The molecule has 0 radical (unpaired) electrons. The summed E-state index contributed by atoms with van der Waals surface area (Å²) in [7, 11) is 0. The van der Waals surface area contributed by atoms with E-state index >= 15 is 0 Å². The van der Waals surface area contributed by atoms with E-state index in [1.54, 1.807) is 0 Å². The Morgan fingerprint density at radius 2 is 1.55 bits per heavy atom. The van der Waals surface area contributed by atoms with Crippen molar-refractivity contribution >= 4 is 5.78 Å². The lowest BCUT2D eigenvalue weighted by molar-refractivity contribution is 0.0977. The monoisotopic (exact) mass is 302 g/mol. The molecule has 0 aliphatic heterocycles. The van der Waals surface area contributed by atoms with Gasteiger partial charge in [-0.15, -0.1) is 0 Å². The van der Waals surface area contributed by atoms with Crippen molar-refractivity contribution in [3.05, 3.63) is 34.9 Å². The van der Waals surface area contributed by atoms with Gasteiger partial charge in [0.15, 0.2) is 5.78 Å². The highest BCUT2D eigenvalue weighted by Crippen LogP contribution is 2.35. The highest BCUT2D eigenvalue weighted by molar-refractivity contribution is 5.98. The number of hydrogen-bond acceptors (Lipinski definition) is 1. The molecule has 22 heavy (non-hydrogen) atoms. The van der Waals surface area contributed by atoms with Crippen LogP contribution >= 0.6 is 0 Å². The van der Waals surface area contributed by atoms with Crippen LogP contribution < -0.4 is 0 Å². The number of carbonyl (C=O) groups is 1. The molecular formula is C21H34O. The molecule has 1 aromatic rings. The summed E-state index contributed by atoms with van der Waals surface area (Å²) in [6, 6.07) is 6.54. The van der Waals surface area contributed by atoms with Crippen molar-refractivity contribution in [2.45, 2.75) is 91.4 Å². The van der Waals surface area contributed by atoms with E-state index in [0.29, 0.717) is 12.2 Å². The number of hydrogen-bond donors (Lipinski definition) is 0. The zero-order chi connectivity index (χ0) is 17.0. The average molecular weight is 303 g/mol. The van der Waals surface area contributed by atoms with Crippen molar-refractivity contribution in [3.8, 4) is 0 Å². The minimum atomic E-state index is 0.0387. The molecule has 0 bridgehead atoms. The lowest BCUT2D eigenvalue weighted by atomic mass is 9.74. The van der Waals surface area contributed by atoms with E-state index in [1.165, 1.54) is 11.1 Å². The normalized spacial score (nSPS) is 12.5. The van der Waals surface area contributed by atoms with Gasteiger partial charge in [0.1, 0.15) is 0 Å². The highest BCUT2D eigenvalue weighted by Gasteiger charge is 2.27. The van der Waals surface area contributed by atoms with Gasteiger partial charge in [0, 0.05) is 12.0 Å². The molecule has 124 valence electrons. The third kappa shape index (κ3) is 4.21. The molecule has 0 saturated heterocycles. The molecule has 1 aromatic carbocycles. The largest absolute Gasteiger partial charge is 0.294 e. The molecule has 0 unspecified atom stereocenters. The Bertz CT molecular complexity index is 509. The van der Waals surface area contributed by atoms with Crippen LogP contribution in [-0.4, -0.2) is 5.78 Å². The van der Waals surface area contributed by atoms with Crippen LogP contribution in [0.1, 0.15) is 102 Å². The van der Waals surface area contributed by atoms with E-state index in [0.717, 1.165) is 31.2 Å². The molecule has 0 aromatic heterocycles. The van der Waals surface area contributed by atoms with Crippen molar-refractivity contribution < 1.29 is 4.79 Å². The van der Waals surface area contributed by atoms with Gasteiger partial charge in [-0.3, -0.25) is 4.79 Å². The average Bonchev–Trinajstić information content (AvgIpc) is 2.51. The summed E-state index contributed by atoms with van der Waals surface area (Å²) < 4.78 is 0. The van der Waals surface area contributed by atoms with Crippen LogP contribution in [-0.2, 0) is 10.8 Å². The van der Waals surface area contributed by atoms with Gasteiger partial charge < -0.3 is 0 Å². The first-order valence-electron chi connectivity index (χ1n) is 8.87. The molecule has 1 heteroatoms. The molecule has 0 N–H and O–H groups in total. The second-order valence-corrected chi connectivity index (χ2v) is 7.76. The fourth-order valence-electron chi connectivity index (χ4n) is 2.63. The molecule has 0 heterocycles. The highest BCUT2D eigenvalue weighted by atomic mass is 16.1. The molecule has 0 spiro atoms. The second kappa shape index (κ2) is 7.44. The maximum atomic E-state index is 12.6. The number of ketones is 1. The zero-order valence-electron chi connectivity index (χ0n) is 15.7. The van der Waals surface area contributed by atoms with Gasteiger partial charge in [0.25, 0.3) is 0 Å². The molecule has 0 saturated carbocycles. The molecule has 0 fully saturated rings. The Labute approximate surface area is 137 Å². The van der Waals surface area contributed by atoms with Crippen LogP contribution in [0.5, 0.6) is 0 Å². The SMILES string of the molecule is CCCCC(=O)c1ccc(C(C)(C)CC)cc1C(C)(C)CC. The van der Waals surface area contributed by atoms with Gasteiger partial charge in [-0.05, 0) is 41.2 Å². The van der Waals surface area contributed by atoms with Crippen molar-refractivity contribution in [1.29, 1.82) is 0 Å². The van der Waals surface area contributed by atoms with Crippen LogP contribution in [0.2, 0.25) is 0 Å². The number of benzene rings is 1. The first-order chi connectivity index (χ1) is 10.2. The van der Waals surface area contributed by atoms with Crippen LogP contribution in [0.25, 0.3) is 0 Å². The van der Waals surface area contributed by atoms with E-state index in [-0.39, 0.29) is 10.8 Å². The Balaban J connectivity index is 3.37. The summed E-state index contributed by atoms with van der Waals surface area (Å²) in [6.07, 6.45) is 4.85. The maximum Gasteiger partial charge on any atom is 0.163 e. The quantitative estimate of drug-likeness (QED) is 0.505. The van der Waals surface area contributed by atoms with Gasteiger partial charge in [-0.25, -0.2) is 0 Å². The summed E-state index contributed by atoms with van der Waals surface area (Å²) in [4.78, 5) is 12.6. The molecule has 0 amide bonds. The molecule has 0 aliphatic rings. The van der Waals surface area contributed by atoms with Gasteiger partial charge in [-0.1, -0.05) is 73.1 Å². The number of carbonyl (C=O) groups excluding carboxylic acids is 1. The van der Waals surface area contributed by atoms with Crippen molar-refractivity contribution in [2.24, 2.45) is 0 Å². The smallest absolute Gasteiger partial charge is 0.163 e. The lowest BCUT2D eigenvalue weighted by Gasteiger charge is -2.30. The summed E-state index contributed by atoms with van der Waals surface area (Å²) in [5.74, 6) is 0.305. The van der Waals surface area contributed by atoms with E-state index in [2.05, 4.69) is 66.7 Å². The van der Waals surface area contributed by atoms with Crippen LogP contribution in [0, 0.1) is 0 Å². The molecule has 0 aliphatic carbocycles. The van der Waals surface area contributed by atoms with Gasteiger partial charge in [-0.2, -0.15) is 0 Å². The summed E-state index contributed by atoms with van der Waals surface area (Å²) >= 11 is 0. The molecule has 1 nitrogen and oxygen atoms in total. The summed E-state index contributed by atoms with van der Waals surface area (Å²) in [6.45, 7) is 15.6. The number of rotatable bonds is 8. The van der Waals surface area contributed by atoms with Crippen molar-refractivity contribution in [3.63, 3.8) is 0 Å². The predicted molar refractivity (Wildman–Crippen MR) is 96.9 cm³/mol. The van der Waals surface area contributed by atoms with Gasteiger partial charge >= 0.3 is 0 Å². The third-order valence-electron chi connectivity index (χ3n) is 5.36. The first-order valence-corrected chi connectivity index (χ1v) is 8.87. The lowest BCUT2D eigenvalue weighted by Crippen LogP contribution is -2.23. The second-order valence-electron chi connectivity index (χ2n) is 7.76. The van der Waals surface area contributed by atoms with E-state index < -0.39 is 0 Å². The third-order valence-corrected chi connectivity index (χ3v) is 5.36. The topological polar surface area (TPSA) is 17.1 Å². The standard InChI is InChI=1S/C21H34O/c1-8-11-12-19(22)17-14-13-16(20(4,5)9-2)15-18(17)21(6,7)10-3/h13-15H,8-12H2,1-7H3. The van der Waals surface area contributed by atoms with Crippen molar-refractivity contribution in [2.75, 3.05) is 0 Å². The van der Waals surface area contributed by atoms with E-state index in [4.69, 9.17) is 0 Å². The van der Waals surface area contributed by atoms with E-state index in [9.17, 15) is 4.79 Å². The van der Waals surface area contributed by atoms with Crippen LogP contribution in [0.3, 0.4) is 0 Å². The Kier molecular flexibility index (Phi) is 6.40. The maximum absolute atomic E-state index is 12.6. The number of Topliss-reactive ketones (excluding diaryl/α,β-unsaturated/α-hetero) is 1. The van der Waals surface area contributed by atoms with Crippen LogP contribution in [0.15, 0.2) is 18.2 Å². The Hall–Kier alpha value is -1.11. The number of unbranched alkanes of at least 4 members (excludes halogenated alkanes) is 1. The molecule has 1 rings (SSSR count). The molecular weight excluding hydrogens is 268 g/mol. The van der Waals surface area contributed by atoms with Gasteiger partial charge in [0.2, 0.25) is 0 Å². The summed E-state index contributed by atoms with van der Waals surface area (Å²) in [5.41, 5.74) is 3.71. The fourth-order valence-corrected chi connectivity index (χ4v) is 2.63. The van der Waals surface area contributed by atoms with Crippen LogP contribution in [0.4, 0.5) is 0 Å². The molecule has 0 atom stereocenters. The Morgan fingerprint density at radius 1 is 0.955 bits per heavy atom. The zero-order valence-corrected chi connectivity index (χ0v) is 15.7. The predicted octanol–water partition coefficient (Wildman–Crippen LogP) is 6.43. The minimum Gasteiger partial charge on any atom is -0.294 e. The minimum absolute atomic E-state index is 0.0387. The van der Waals surface area contributed by atoms with Gasteiger partial charge in [0.05, 0.1) is 0 Å².